The summed E-state index contributed by atoms with van der Waals surface area (Å²) in [7, 11) is 0. The molecule has 0 radical (unpaired) electrons. The van der Waals surface area contributed by atoms with Crippen molar-refractivity contribution in [2.45, 2.75) is 13.5 Å². The van der Waals surface area contributed by atoms with Crippen molar-refractivity contribution in [3.8, 4) is 5.75 Å². The standard InChI is InChI=1S/C18H14ClN5O3/c1-10-21-15(24-27-10)9-26-13-5-3-12(4-6-13)22-18(25)16-14(19)7-2-11-8-20-23-17(11)16/h2-8H,9H2,1H3,(H,20,23)(H,22,25). The molecule has 4 rings (SSSR count). The van der Waals surface area contributed by atoms with E-state index in [0.29, 0.717) is 39.3 Å². The Balaban J connectivity index is 1.45. The fourth-order valence-corrected chi connectivity index (χ4v) is 2.83. The molecule has 27 heavy (non-hydrogen) atoms. The van der Waals surface area contributed by atoms with Crippen LogP contribution >= 0.6 is 11.6 Å². The Morgan fingerprint density at radius 2 is 2.07 bits per heavy atom. The van der Waals surface area contributed by atoms with Gasteiger partial charge in [-0.2, -0.15) is 10.1 Å². The van der Waals surface area contributed by atoms with E-state index in [2.05, 4.69) is 25.7 Å². The summed E-state index contributed by atoms with van der Waals surface area (Å²) in [6.45, 7) is 1.91. The number of hydrogen-bond donors (Lipinski definition) is 2. The van der Waals surface area contributed by atoms with Gasteiger partial charge in [0.15, 0.2) is 6.61 Å². The number of rotatable bonds is 5. The molecule has 0 spiro atoms. The fraction of sp³-hybridized carbons (Fsp3) is 0.111. The van der Waals surface area contributed by atoms with E-state index in [9.17, 15) is 4.79 Å². The highest BCUT2D eigenvalue weighted by Crippen LogP contribution is 2.26. The SMILES string of the molecule is Cc1nc(COc2ccc(NC(=O)c3c(Cl)ccc4cn[nH]c34)cc2)no1. The average Bonchev–Trinajstić information content (AvgIpc) is 3.29. The summed E-state index contributed by atoms with van der Waals surface area (Å²) in [6, 6.07) is 10.4. The van der Waals surface area contributed by atoms with Gasteiger partial charge in [0.05, 0.1) is 22.3 Å². The molecule has 2 aromatic heterocycles. The lowest BCUT2D eigenvalue weighted by Gasteiger charge is -2.09. The maximum absolute atomic E-state index is 12.6. The molecular weight excluding hydrogens is 370 g/mol. The van der Waals surface area contributed by atoms with Gasteiger partial charge in [-0.3, -0.25) is 9.89 Å². The maximum atomic E-state index is 12.6. The van der Waals surface area contributed by atoms with Crippen molar-refractivity contribution >= 4 is 34.1 Å². The number of H-pyrrole nitrogens is 1. The van der Waals surface area contributed by atoms with Crippen LogP contribution in [0, 0.1) is 6.92 Å². The van der Waals surface area contributed by atoms with Gasteiger partial charge in [0.2, 0.25) is 11.7 Å². The van der Waals surface area contributed by atoms with E-state index >= 15 is 0 Å². The zero-order chi connectivity index (χ0) is 18.8. The van der Waals surface area contributed by atoms with E-state index in [1.807, 2.05) is 0 Å². The zero-order valence-electron chi connectivity index (χ0n) is 14.2. The molecule has 0 saturated heterocycles. The number of benzene rings is 2. The highest BCUT2D eigenvalue weighted by atomic mass is 35.5. The van der Waals surface area contributed by atoms with Crippen LogP contribution in [0.2, 0.25) is 5.02 Å². The van der Waals surface area contributed by atoms with E-state index in [-0.39, 0.29) is 12.5 Å². The number of carbonyl (C=O) groups excluding carboxylic acids is 1. The van der Waals surface area contributed by atoms with Crippen molar-refractivity contribution in [3.05, 3.63) is 64.9 Å². The van der Waals surface area contributed by atoms with Gasteiger partial charge in [0.1, 0.15) is 5.75 Å². The third-order valence-electron chi connectivity index (χ3n) is 3.84. The van der Waals surface area contributed by atoms with E-state index in [0.717, 1.165) is 5.39 Å². The van der Waals surface area contributed by atoms with Crippen molar-refractivity contribution in [1.82, 2.24) is 20.3 Å². The minimum atomic E-state index is -0.328. The Hall–Kier alpha value is -3.39. The van der Waals surface area contributed by atoms with Gasteiger partial charge in [-0.15, -0.1) is 0 Å². The molecule has 0 unspecified atom stereocenters. The second-order valence-corrected chi connectivity index (χ2v) is 6.16. The van der Waals surface area contributed by atoms with Crippen LogP contribution in [0.1, 0.15) is 22.1 Å². The molecule has 2 N–H and O–H groups in total. The number of halogens is 1. The summed E-state index contributed by atoms with van der Waals surface area (Å²) >= 11 is 6.20. The predicted molar refractivity (Wildman–Crippen MR) is 98.9 cm³/mol. The van der Waals surface area contributed by atoms with E-state index in [4.69, 9.17) is 20.9 Å². The molecular formula is C18H14ClN5O3. The minimum absolute atomic E-state index is 0.195. The number of anilines is 1. The average molecular weight is 384 g/mol. The van der Waals surface area contributed by atoms with E-state index in [1.165, 1.54) is 0 Å². The van der Waals surface area contributed by atoms with Gasteiger partial charge in [0.25, 0.3) is 5.91 Å². The third-order valence-corrected chi connectivity index (χ3v) is 4.16. The third kappa shape index (κ3) is 3.61. The molecule has 0 aliphatic carbocycles. The number of nitrogens with zero attached hydrogens (tertiary/aromatic N) is 3. The molecule has 0 aliphatic heterocycles. The largest absolute Gasteiger partial charge is 0.485 e. The Morgan fingerprint density at radius 3 is 2.81 bits per heavy atom. The number of aryl methyl sites for hydroxylation is 1. The second-order valence-electron chi connectivity index (χ2n) is 5.75. The Bertz CT molecular complexity index is 1100. The lowest BCUT2D eigenvalue weighted by molar-refractivity contribution is 0.102. The van der Waals surface area contributed by atoms with Gasteiger partial charge in [-0.1, -0.05) is 16.8 Å². The molecule has 4 aromatic rings. The normalized spacial score (nSPS) is 10.9. The monoisotopic (exact) mass is 383 g/mol. The Kier molecular flexibility index (Phi) is 4.47. The zero-order valence-corrected chi connectivity index (χ0v) is 14.9. The number of aromatic amines is 1. The highest BCUT2D eigenvalue weighted by Gasteiger charge is 2.16. The van der Waals surface area contributed by atoms with Crippen molar-refractivity contribution in [1.29, 1.82) is 0 Å². The van der Waals surface area contributed by atoms with Gasteiger partial charge >= 0.3 is 0 Å². The van der Waals surface area contributed by atoms with E-state index < -0.39 is 0 Å². The molecule has 136 valence electrons. The highest BCUT2D eigenvalue weighted by molar-refractivity contribution is 6.36. The molecule has 2 aromatic carbocycles. The second kappa shape index (κ2) is 7.08. The number of aromatic nitrogens is 4. The van der Waals surface area contributed by atoms with Crippen LogP contribution in [0.25, 0.3) is 10.9 Å². The smallest absolute Gasteiger partial charge is 0.259 e. The number of carbonyl (C=O) groups is 1. The Morgan fingerprint density at radius 1 is 1.26 bits per heavy atom. The molecule has 0 bridgehead atoms. The first-order valence-corrected chi connectivity index (χ1v) is 8.43. The van der Waals surface area contributed by atoms with Crippen LogP contribution in [0.5, 0.6) is 5.75 Å². The molecule has 1 amide bonds. The van der Waals surface area contributed by atoms with Gasteiger partial charge in [-0.05, 0) is 36.4 Å². The molecule has 0 aliphatic rings. The number of amides is 1. The molecule has 0 saturated carbocycles. The molecule has 0 atom stereocenters. The summed E-state index contributed by atoms with van der Waals surface area (Å²) in [4.78, 5) is 16.7. The summed E-state index contributed by atoms with van der Waals surface area (Å²) < 4.78 is 10.5. The number of nitrogens with one attached hydrogen (secondary N) is 2. The van der Waals surface area contributed by atoms with E-state index in [1.54, 1.807) is 49.5 Å². The molecule has 2 heterocycles. The number of hydrogen-bond acceptors (Lipinski definition) is 6. The first-order valence-electron chi connectivity index (χ1n) is 8.05. The van der Waals surface area contributed by atoms with Crippen LogP contribution in [0.4, 0.5) is 5.69 Å². The summed E-state index contributed by atoms with van der Waals surface area (Å²) in [5.74, 6) is 1.24. The summed E-state index contributed by atoms with van der Waals surface area (Å²) in [5.41, 5.74) is 1.55. The fourth-order valence-electron chi connectivity index (χ4n) is 2.59. The molecule has 8 nitrogen and oxygen atoms in total. The minimum Gasteiger partial charge on any atom is -0.485 e. The van der Waals surface area contributed by atoms with Gasteiger partial charge in [0, 0.05) is 18.0 Å². The number of fused-ring (bicyclic) bond motifs is 1. The topological polar surface area (TPSA) is 106 Å². The van der Waals surface area contributed by atoms with Crippen LogP contribution in [0.15, 0.2) is 47.1 Å². The first kappa shape index (κ1) is 17.0. The van der Waals surface area contributed by atoms with Crippen LogP contribution in [-0.2, 0) is 6.61 Å². The van der Waals surface area contributed by atoms with Crippen molar-refractivity contribution in [2.75, 3.05) is 5.32 Å². The van der Waals surface area contributed by atoms with Crippen LogP contribution in [0.3, 0.4) is 0 Å². The molecule has 0 fully saturated rings. The number of ether oxygens (including phenoxy) is 1. The lowest BCUT2D eigenvalue weighted by atomic mass is 10.1. The first-order chi connectivity index (χ1) is 13.1. The summed E-state index contributed by atoms with van der Waals surface area (Å²) in [5, 5.41) is 14.5. The Labute approximate surface area is 158 Å². The quantitative estimate of drug-likeness (QED) is 0.543. The van der Waals surface area contributed by atoms with Gasteiger partial charge < -0.3 is 14.6 Å². The maximum Gasteiger partial charge on any atom is 0.259 e. The lowest BCUT2D eigenvalue weighted by Crippen LogP contribution is -2.13. The predicted octanol–water partition coefficient (Wildman–Crippen LogP) is 3.74. The van der Waals surface area contributed by atoms with Crippen molar-refractivity contribution < 1.29 is 14.1 Å². The van der Waals surface area contributed by atoms with Crippen LogP contribution in [-0.4, -0.2) is 26.2 Å². The summed E-state index contributed by atoms with van der Waals surface area (Å²) in [6.07, 6.45) is 1.64. The van der Waals surface area contributed by atoms with Crippen LogP contribution < -0.4 is 10.1 Å². The van der Waals surface area contributed by atoms with Gasteiger partial charge in [-0.25, -0.2) is 0 Å². The van der Waals surface area contributed by atoms with Crippen molar-refractivity contribution in [2.24, 2.45) is 0 Å². The molecule has 9 heteroatoms. The van der Waals surface area contributed by atoms with Crippen molar-refractivity contribution in [3.63, 3.8) is 0 Å².